The van der Waals surface area contributed by atoms with E-state index in [2.05, 4.69) is 15.2 Å². The fraction of sp³-hybridized carbons (Fsp3) is 0.600. The molecule has 1 aliphatic rings. The maximum atomic E-state index is 12.0. The molecule has 2 aromatic heterocycles. The van der Waals surface area contributed by atoms with Gasteiger partial charge in [0.15, 0.2) is 0 Å². The number of fused-ring (bicyclic) bond motifs is 1. The summed E-state index contributed by atoms with van der Waals surface area (Å²) in [4.78, 5) is 32.1. The number of anilines is 1. The number of nitrogens with zero attached hydrogens (tertiary/aromatic N) is 5. The molecule has 0 spiro atoms. The van der Waals surface area contributed by atoms with Crippen LogP contribution in [-0.2, 0) is 4.79 Å². The van der Waals surface area contributed by atoms with Gasteiger partial charge in [-0.15, -0.1) is 0 Å². The van der Waals surface area contributed by atoms with E-state index in [1.807, 2.05) is 18.7 Å². The van der Waals surface area contributed by atoms with Gasteiger partial charge in [-0.3, -0.25) is 9.69 Å². The van der Waals surface area contributed by atoms with Crippen LogP contribution >= 0.6 is 11.3 Å². The zero-order valence-corrected chi connectivity index (χ0v) is 15.2. The Bertz CT molecular complexity index is 764. The molecule has 1 amide bonds. The quantitative estimate of drug-likeness (QED) is 0.612. The van der Waals surface area contributed by atoms with E-state index >= 15 is 0 Å². The van der Waals surface area contributed by atoms with Crippen LogP contribution in [0.4, 0.5) is 11.6 Å². The van der Waals surface area contributed by atoms with Gasteiger partial charge in [0.2, 0.25) is 11.7 Å². The molecule has 10 heteroatoms. The Labute approximate surface area is 149 Å². The molecule has 1 aliphatic heterocycles. The lowest BCUT2D eigenvalue weighted by Crippen LogP contribution is -2.50. The summed E-state index contributed by atoms with van der Waals surface area (Å²) in [6, 6.07) is 0.176. The van der Waals surface area contributed by atoms with Gasteiger partial charge >= 0.3 is 5.82 Å². The zero-order chi connectivity index (χ0) is 18.0. The maximum absolute atomic E-state index is 12.0. The second kappa shape index (κ2) is 7.36. The average molecular weight is 366 g/mol. The Morgan fingerprint density at radius 1 is 1.44 bits per heavy atom. The van der Waals surface area contributed by atoms with Crippen molar-refractivity contribution in [2.24, 2.45) is 0 Å². The van der Waals surface area contributed by atoms with Crippen LogP contribution in [0.3, 0.4) is 0 Å². The van der Waals surface area contributed by atoms with Crippen LogP contribution < -0.4 is 10.2 Å². The Morgan fingerprint density at radius 3 is 2.80 bits per heavy atom. The molecule has 0 radical (unpaired) electrons. The van der Waals surface area contributed by atoms with Crippen molar-refractivity contribution in [2.75, 3.05) is 37.6 Å². The van der Waals surface area contributed by atoms with Crippen LogP contribution in [0.15, 0.2) is 11.6 Å². The standard InChI is InChI=1S/C15H22N6O3S/c1-3-11(2)16-12(22)10-18-4-6-19(7-5-18)13-14(21(23)24)20-8-9-25-15(20)17-13/h8-9,11H,3-7,10H2,1-2H3,(H,16,22). The molecule has 0 saturated carbocycles. The molecule has 3 rings (SSSR count). The van der Waals surface area contributed by atoms with E-state index in [-0.39, 0.29) is 22.7 Å². The summed E-state index contributed by atoms with van der Waals surface area (Å²) in [6.07, 6.45) is 2.57. The number of piperazine rings is 1. The van der Waals surface area contributed by atoms with E-state index in [0.29, 0.717) is 43.5 Å². The van der Waals surface area contributed by atoms with Crippen LogP contribution in [0.2, 0.25) is 0 Å². The summed E-state index contributed by atoms with van der Waals surface area (Å²) in [5.41, 5.74) is 0. The number of nitrogens with one attached hydrogen (secondary N) is 1. The van der Waals surface area contributed by atoms with Crippen molar-refractivity contribution in [3.8, 4) is 0 Å². The van der Waals surface area contributed by atoms with Gasteiger partial charge in [0.1, 0.15) is 6.20 Å². The lowest BCUT2D eigenvalue weighted by atomic mass is 10.2. The molecule has 0 bridgehead atoms. The van der Waals surface area contributed by atoms with Crippen LogP contribution in [0, 0.1) is 10.1 Å². The number of amides is 1. The highest BCUT2D eigenvalue weighted by Gasteiger charge is 2.30. The zero-order valence-electron chi connectivity index (χ0n) is 14.3. The molecule has 1 saturated heterocycles. The smallest absolute Gasteiger partial charge is 0.358 e. The molecule has 1 unspecified atom stereocenters. The molecule has 1 atom stereocenters. The molecule has 1 N–H and O–H groups in total. The predicted octanol–water partition coefficient (Wildman–Crippen LogP) is 1.34. The van der Waals surface area contributed by atoms with Gasteiger partial charge in [-0.25, -0.2) is 0 Å². The third-order valence-electron chi connectivity index (χ3n) is 4.45. The van der Waals surface area contributed by atoms with Crippen molar-refractivity contribution in [3.63, 3.8) is 0 Å². The van der Waals surface area contributed by atoms with Gasteiger partial charge in [0.05, 0.1) is 6.54 Å². The Morgan fingerprint density at radius 2 is 2.16 bits per heavy atom. The largest absolute Gasteiger partial charge is 0.373 e. The predicted molar refractivity (Wildman–Crippen MR) is 96.3 cm³/mol. The van der Waals surface area contributed by atoms with E-state index in [1.54, 1.807) is 11.6 Å². The summed E-state index contributed by atoms with van der Waals surface area (Å²) in [6.45, 7) is 6.96. The lowest BCUT2D eigenvalue weighted by molar-refractivity contribution is -0.389. The van der Waals surface area contributed by atoms with Crippen LogP contribution in [-0.4, -0.2) is 63.9 Å². The molecule has 3 heterocycles. The Kier molecular flexibility index (Phi) is 5.19. The number of thiazole rings is 1. The van der Waals surface area contributed by atoms with E-state index in [9.17, 15) is 14.9 Å². The number of nitro groups is 1. The number of hydrogen-bond donors (Lipinski definition) is 1. The van der Waals surface area contributed by atoms with Crippen LogP contribution in [0.1, 0.15) is 20.3 Å². The van der Waals surface area contributed by atoms with Crippen molar-refractivity contribution < 1.29 is 9.72 Å². The normalized spacial score (nSPS) is 17.0. The summed E-state index contributed by atoms with van der Waals surface area (Å²) in [5, 5.41) is 16.2. The van der Waals surface area contributed by atoms with Crippen LogP contribution in [0.25, 0.3) is 4.96 Å². The second-order valence-electron chi connectivity index (χ2n) is 6.21. The first-order valence-electron chi connectivity index (χ1n) is 8.36. The fourth-order valence-electron chi connectivity index (χ4n) is 2.89. The SMILES string of the molecule is CCC(C)NC(=O)CN1CCN(c2nc3sccn3c2[N+](=O)[O-])CC1. The first kappa shape index (κ1) is 17.6. The minimum atomic E-state index is -0.381. The molecule has 0 aliphatic carbocycles. The first-order chi connectivity index (χ1) is 12.0. The molecule has 136 valence electrons. The number of carbonyl (C=O) groups is 1. The summed E-state index contributed by atoms with van der Waals surface area (Å²) in [5.74, 6) is 0.455. The number of imidazole rings is 1. The van der Waals surface area contributed by atoms with Gasteiger partial charge in [-0.2, -0.15) is 9.38 Å². The van der Waals surface area contributed by atoms with Crippen molar-refractivity contribution in [2.45, 2.75) is 26.3 Å². The molecular weight excluding hydrogens is 344 g/mol. The van der Waals surface area contributed by atoms with Crippen molar-refractivity contribution in [1.29, 1.82) is 0 Å². The number of hydrogen-bond acceptors (Lipinski definition) is 7. The van der Waals surface area contributed by atoms with E-state index in [4.69, 9.17) is 0 Å². The highest BCUT2D eigenvalue weighted by Crippen LogP contribution is 2.31. The highest BCUT2D eigenvalue weighted by molar-refractivity contribution is 7.15. The number of carbonyl (C=O) groups excluding carboxylic acids is 1. The third-order valence-corrected chi connectivity index (χ3v) is 5.21. The van der Waals surface area contributed by atoms with Crippen LogP contribution in [0.5, 0.6) is 0 Å². The van der Waals surface area contributed by atoms with Gasteiger partial charge in [0, 0.05) is 37.6 Å². The topological polar surface area (TPSA) is 96.0 Å². The van der Waals surface area contributed by atoms with Gasteiger partial charge in [0.25, 0.3) is 4.96 Å². The van der Waals surface area contributed by atoms with Gasteiger partial charge < -0.3 is 20.3 Å². The minimum Gasteiger partial charge on any atom is -0.358 e. The Hall–Kier alpha value is -2.20. The van der Waals surface area contributed by atoms with Gasteiger partial charge in [-0.05, 0) is 18.3 Å². The van der Waals surface area contributed by atoms with E-state index in [1.165, 1.54) is 15.7 Å². The third kappa shape index (κ3) is 3.74. The molecule has 0 aromatic carbocycles. The second-order valence-corrected chi connectivity index (χ2v) is 7.08. The molecule has 25 heavy (non-hydrogen) atoms. The van der Waals surface area contributed by atoms with Crippen molar-refractivity contribution in [1.82, 2.24) is 19.6 Å². The lowest BCUT2D eigenvalue weighted by Gasteiger charge is -2.34. The number of rotatable bonds is 6. The van der Waals surface area contributed by atoms with Gasteiger partial charge in [-0.1, -0.05) is 18.3 Å². The highest BCUT2D eigenvalue weighted by atomic mass is 32.1. The molecule has 9 nitrogen and oxygen atoms in total. The van der Waals surface area contributed by atoms with Crippen molar-refractivity contribution in [3.05, 3.63) is 21.7 Å². The summed E-state index contributed by atoms with van der Waals surface area (Å²) in [7, 11) is 0. The molecule has 1 fully saturated rings. The average Bonchev–Trinajstić information content (AvgIpc) is 3.15. The number of aromatic nitrogens is 2. The minimum absolute atomic E-state index is 0.0132. The summed E-state index contributed by atoms with van der Waals surface area (Å²) >= 11 is 1.38. The molecule has 2 aromatic rings. The Balaban J connectivity index is 1.63. The van der Waals surface area contributed by atoms with Crippen molar-refractivity contribution >= 4 is 33.8 Å². The molecular formula is C15H22N6O3S. The monoisotopic (exact) mass is 366 g/mol. The maximum Gasteiger partial charge on any atom is 0.373 e. The summed E-state index contributed by atoms with van der Waals surface area (Å²) < 4.78 is 1.52. The fourth-order valence-corrected chi connectivity index (χ4v) is 3.59. The first-order valence-corrected chi connectivity index (χ1v) is 9.24. The van der Waals surface area contributed by atoms with E-state index < -0.39 is 0 Å². The van der Waals surface area contributed by atoms with E-state index in [0.717, 1.165) is 6.42 Å².